The van der Waals surface area contributed by atoms with Gasteiger partial charge in [-0.1, -0.05) is 26.0 Å². The van der Waals surface area contributed by atoms with Gasteiger partial charge in [0.05, 0.1) is 18.3 Å². The number of rotatable bonds is 8. The van der Waals surface area contributed by atoms with Gasteiger partial charge in [-0.15, -0.1) is 11.8 Å². The molecule has 5 nitrogen and oxygen atoms in total. The molecule has 0 spiro atoms. The number of para-hydroxylation sites is 1. The Labute approximate surface area is 135 Å². The first-order chi connectivity index (χ1) is 10.5. The average Bonchev–Trinajstić information content (AvgIpc) is 2.46. The first-order valence-electron chi connectivity index (χ1n) is 7.18. The monoisotopic (exact) mass is 319 g/mol. The number of thioether (sulfide) groups is 1. The number of carbonyl (C=O) groups excluding carboxylic acids is 2. The topological polar surface area (TPSA) is 82.0 Å². The van der Waals surface area contributed by atoms with Crippen molar-refractivity contribution in [1.29, 1.82) is 5.26 Å². The molecule has 0 bridgehead atoms. The van der Waals surface area contributed by atoms with E-state index in [0.717, 1.165) is 4.90 Å². The van der Waals surface area contributed by atoms with Gasteiger partial charge in [0.25, 0.3) is 0 Å². The fourth-order valence-electron chi connectivity index (χ4n) is 1.72. The molecule has 0 fully saturated rings. The highest BCUT2D eigenvalue weighted by molar-refractivity contribution is 7.99. The number of nitrogens with zero attached hydrogens (tertiary/aromatic N) is 1. The van der Waals surface area contributed by atoms with Gasteiger partial charge in [0.15, 0.2) is 0 Å². The summed E-state index contributed by atoms with van der Waals surface area (Å²) in [6, 6.07) is 9.52. The Morgan fingerprint density at radius 3 is 2.68 bits per heavy atom. The molecule has 0 radical (unpaired) electrons. The molecule has 0 saturated carbocycles. The zero-order chi connectivity index (χ0) is 16.4. The maximum absolute atomic E-state index is 11.9. The molecular weight excluding hydrogens is 298 g/mol. The first-order valence-corrected chi connectivity index (χ1v) is 8.16. The molecule has 1 aromatic rings. The highest BCUT2D eigenvalue weighted by Gasteiger charge is 2.09. The number of nitrogens with one attached hydrogen (secondary N) is 2. The summed E-state index contributed by atoms with van der Waals surface area (Å²) in [6.45, 7) is 3.87. The Morgan fingerprint density at radius 2 is 2.00 bits per heavy atom. The van der Waals surface area contributed by atoms with Crippen molar-refractivity contribution in [1.82, 2.24) is 5.32 Å². The number of hydrogen-bond donors (Lipinski definition) is 2. The van der Waals surface area contributed by atoms with E-state index < -0.39 is 0 Å². The van der Waals surface area contributed by atoms with Crippen molar-refractivity contribution >= 4 is 29.3 Å². The van der Waals surface area contributed by atoms with Crippen LogP contribution in [0.1, 0.15) is 26.7 Å². The van der Waals surface area contributed by atoms with E-state index in [1.54, 1.807) is 0 Å². The zero-order valence-corrected chi connectivity index (χ0v) is 13.7. The summed E-state index contributed by atoms with van der Waals surface area (Å²) in [4.78, 5) is 24.3. The van der Waals surface area contributed by atoms with Crippen LogP contribution in [0.3, 0.4) is 0 Å². The third-order valence-corrected chi connectivity index (χ3v) is 3.75. The molecule has 0 unspecified atom stereocenters. The second-order valence-electron chi connectivity index (χ2n) is 5.18. The van der Waals surface area contributed by atoms with Gasteiger partial charge in [-0.05, 0) is 18.1 Å². The van der Waals surface area contributed by atoms with Gasteiger partial charge in [0, 0.05) is 23.5 Å². The van der Waals surface area contributed by atoms with Crippen molar-refractivity contribution in [3.8, 4) is 6.07 Å². The molecule has 0 saturated heterocycles. The van der Waals surface area contributed by atoms with Crippen LogP contribution in [-0.2, 0) is 9.59 Å². The van der Waals surface area contributed by atoms with Gasteiger partial charge in [0.1, 0.15) is 0 Å². The van der Waals surface area contributed by atoms with E-state index in [9.17, 15) is 9.59 Å². The van der Waals surface area contributed by atoms with E-state index >= 15 is 0 Å². The highest BCUT2D eigenvalue weighted by atomic mass is 32.2. The maximum Gasteiger partial charge on any atom is 0.243 e. The summed E-state index contributed by atoms with van der Waals surface area (Å²) in [7, 11) is 0. The van der Waals surface area contributed by atoms with Crippen LogP contribution in [0, 0.1) is 17.2 Å². The molecule has 6 heteroatoms. The third-order valence-electron chi connectivity index (χ3n) is 2.67. The van der Waals surface area contributed by atoms with Crippen LogP contribution in [-0.4, -0.2) is 24.1 Å². The van der Waals surface area contributed by atoms with Gasteiger partial charge in [-0.25, -0.2) is 0 Å². The van der Waals surface area contributed by atoms with Gasteiger partial charge in [-0.2, -0.15) is 5.26 Å². The lowest BCUT2D eigenvalue weighted by Gasteiger charge is -2.11. The van der Waals surface area contributed by atoms with Crippen LogP contribution < -0.4 is 10.6 Å². The number of nitriles is 1. The van der Waals surface area contributed by atoms with E-state index in [1.807, 2.05) is 38.1 Å². The third kappa shape index (κ3) is 7.14. The Bertz CT molecular complexity index is 553. The van der Waals surface area contributed by atoms with E-state index in [4.69, 9.17) is 5.26 Å². The van der Waals surface area contributed by atoms with Crippen LogP contribution in [0.4, 0.5) is 5.69 Å². The maximum atomic E-state index is 11.9. The van der Waals surface area contributed by atoms with Crippen LogP contribution in [0.15, 0.2) is 29.2 Å². The van der Waals surface area contributed by atoms with E-state index in [-0.39, 0.29) is 24.3 Å². The van der Waals surface area contributed by atoms with Gasteiger partial charge >= 0.3 is 0 Å². The minimum Gasteiger partial charge on any atom is -0.347 e. The summed E-state index contributed by atoms with van der Waals surface area (Å²) < 4.78 is 0. The number of carbonyl (C=O) groups is 2. The molecule has 22 heavy (non-hydrogen) atoms. The minimum absolute atomic E-state index is 0.0389. The fourth-order valence-corrected chi connectivity index (χ4v) is 2.58. The molecule has 118 valence electrons. The lowest BCUT2D eigenvalue weighted by atomic mass is 10.1. The van der Waals surface area contributed by atoms with Crippen molar-refractivity contribution in [3.63, 3.8) is 0 Å². The summed E-state index contributed by atoms with van der Waals surface area (Å²) in [5.41, 5.74) is 0.702. The second-order valence-corrected chi connectivity index (χ2v) is 6.31. The molecule has 2 N–H and O–H groups in total. The summed E-state index contributed by atoms with van der Waals surface area (Å²) in [5.74, 6) is 0.557. The quantitative estimate of drug-likeness (QED) is 0.570. The highest BCUT2D eigenvalue weighted by Crippen LogP contribution is 2.27. The Kier molecular flexibility index (Phi) is 8.08. The molecule has 1 rings (SSSR count). The number of amides is 2. The van der Waals surface area contributed by atoms with Gasteiger partial charge in [-0.3, -0.25) is 9.59 Å². The van der Waals surface area contributed by atoms with Crippen LogP contribution in [0.25, 0.3) is 0 Å². The Balaban J connectivity index is 2.50. The SMILES string of the molecule is CC(C)CC(=O)NCC(=O)Nc1ccccc1SCCC#N. The lowest BCUT2D eigenvalue weighted by Crippen LogP contribution is -2.33. The normalized spacial score (nSPS) is 10.1. The molecule has 0 aliphatic heterocycles. The van der Waals surface area contributed by atoms with Crippen molar-refractivity contribution < 1.29 is 9.59 Å². The summed E-state index contributed by atoms with van der Waals surface area (Å²) >= 11 is 1.52. The van der Waals surface area contributed by atoms with Crippen LogP contribution in [0.2, 0.25) is 0 Å². The van der Waals surface area contributed by atoms with Crippen molar-refractivity contribution in [3.05, 3.63) is 24.3 Å². The lowest BCUT2D eigenvalue weighted by molar-refractivity contribution is -0.124. The molecule has 1 aromatic carbocycles. The largest absolute Gasteiger partial charge is 0.347 e. The van der Waals surface area contributed by atoms with Crippen molar-refractivity contribution in [2.75, 3.05) is 17.6 Å². The van der Waals surface area contributed by atoms with Crippen molar-refractivity contribution in [2.45, 2.75) is 31.6 Å². The Morgan fingerprint density at radius 1 is 1.27 bits per heavy atom. The van der Waals surface area contributed by atoms with Crippen molar-refractivity contribution in [2.24, 2.45) is 5.92 Å². The molecule has 0 heterocycles. The van der Waals surface area contributed by atoms with Gasteiger partial charge in [0.2, 0.25) is 11.8 Å². The van der Waals surface area contributed by atoms with Crippen LogP contribution in [0.5, 0.6) is 0 Å². The summed E-state index contributed by atoms with van der Waals surface area (Å²) in [5, 5.41) is 14.0. The molecule has 0 aliphatic carbocycles. The Hall–Kier alpha value is -2.00. The smallest absolute Gasteiger partial charge is 0.243 e. The average molecular weight is 319 g/mol. The summed E-state index contributed by atoms with van der Waals surface area (Å²) in [6.07, 6.45) is 0.867. The molecule has 2 amide bonds. The van der Waals surface area contributed by atoms with E-state index in [1.165, 1.54) is 11.8 Å². The zero-order valence-electron chi connectivity index (χ0n) is 12.9. The predicted molar refractivity (Wildman–Crippen MR) is 88.5 cm³/mol. The number of hydrogen-bond acceptors (Lipinski definition) is 4. The fraction of sp³-hybridized carbons (Fsp3) is 0.438. The second kappa shape index (κ2) is 9.85. The predicted octanol–water partition coefficient (Wildman–Crippen LogP) is 2.79. The number of benzene rings is 1. The molecule has 0 aromatic heterocycles. The minimum atomic E-state index is -0.259. The molecule has 0 atom stereocenters. The van der Waals surface area contributed by atoms with E-state index in [2.05, 4.69) is 16.7 Å². The van der Waals surface area contributed by atoms with Crippen LogP contribution >= 0.6 is 11.8 Å². The van der Waals surface area contributed by atoms with Gasteiger partial charge < -0.3 is 10.6 Å². The standard InChI is InChI=1S/C16H21N3O2S/c1-12(2)10-15(20)18-11-16(21)19-13-6-3-4-7-14(13)22-9-5-8-17/h3-4,6-7,12H,5,9-11H2,1-2H3,(H,18,20)(H,19,21). The van der Waals surface area contributed by atoms with E-state index in [0.29, 0.717) is 24.3 Å². The number of anilines is 1. The first kappa shape index (κ1) is 18.1. The molecular formula is C16H21N3O2S. The molecule has 0 aliphatic rings.